The monoisotopic (exact) mass is 426 g/mol. The van der Waals surface area contributed by atoms with Crippen LogP contribution in [-0.2, 0) is 16.1 Å². The van der Waals surface area contributed by atoms with Gasteiger partial charge in [0.1, 0.15) is 17.1 Å². The highest BCUT2D eigenvalue weighted by molar-refractivity contribution is 5.72. The second-order valence-corrected chi connectivity index (χ2v) is 9.05. The smallest absolute Gasteiger partial charge is 0.410 e. The molecule has 0 unspecified atom stereocenters. The maximum Gasteiger partial charge on any atom is 0.410 e. The van der Waals surface area contributed by atoms with Crippen molar-refractivity contribution in [3.05, 3.63) is 42.0 Å². The number of benzene rings is 2. The quantitative estimate of drug-likeness (QED) is 0.708. The van der Waals surface area contributed by atoms with E-state index in [1.54, 1.807) is 12.0 Å². The van der Waals surface area contributed by atoms with Crippen LogP contribution in [0.5, 0.6) is 11.5 Å². The number of fused-ring (bicyclic) bond motifs is 1. The fourth-order valence-electron chi connectivity index (χ4n) is 3.93. The molecular weight excluding hydrogens is 396 g/mol. The van der Waals surface area contributed by atoms with Gasteiger partial charge in [-0.05, 0) is 56.2 Å². The Bertz CT molecular complexity index is 974. The van der Waals surface area contributed by atoms with Gasteiger partial charge in [0.2, 0.25) is 5.79 Å². The number of hydrogen-bond acceptors (Lipinski definition) is 6. The summed E-state index contributed by atoms with van der Waals surface area (Å²) in [5.74, 6) is 0.785. The average molecular weight is 427 g/mol. The minimum Gasteiger partial charge on any atom is -0.495 e. The van der Waals surface area contributed by atoms with Gasteiger partial charge in [-0.2, -0.15) is 0 Å². The number of nitrogen functional groups attached to an aromatic ring is 1. The zero-order chi connectivity index (χ0) is 22.2. The maximum absolute atomic E-state index is 12.3. The zero-order valence-electron chi connectivity index (χ0n) is 18.6. The Morgan fingerprint density at radius 3 is 2.42 bits per heavy atom. The van der Waals surface area contributed by atoms with Gasteiger partial charge in [0.05, 0.1) is 19.4 Å². The molecule has 0 atom stereocenters. The van der Waals surface area contributed by atoms with E-state index in [1.807, 2.05) is 51.1 Å². The molecule has 1 spiro atoms. The third kappa shape index (κ3) is 4.56. The van der Waals surface area contributed by atoms with Crippen molar-refractivity contribution in [3.8, 4) is 22.6 Å². The minimum atomic E-state index is -0.697. The Hall–Kier alpha value is -2.93. The first-order valence-corrected chi connectivity index (χ1v) is 10.6. The van der Waals surface area contributed by atoms with Crippen LogP contribution in [0.15, 0.2) is 36.4 Å². The summed E-state index contributed by atoms with van der Waals surface area (Å²) in [7, 11) is 1.60. The van der Waals surface area contributed by atoms with Gasteiger partial charge in [-0.1, -0.05) is 12.1 Å². The normalized spacial score (nSPS) is 17.6. The van der Waals surface area contributed by atoms with E-state index in [0.29, 0.717) is 44.0 Å². The van der Waals surface area contributed by atoms with Crippen LogP contribution in [0.2, 0.25) is 0 Å². The number of carbonyl (C=O) groups is 1. The standard InChI is InChI=1S/C24H30N2O5/c1-23(2,3)31-22(27)26-11-9-24(10-12-26)29-15-18-13-16(5-7-20(18)30-24)17-6-8-21(28-4)19(25)14-17/h5-8,13-14H,9-12,15,25H2,1-4H3. The van der Waals surface area contributed by atoms with E-state index in [2.05, 4.69) is 6.07 Å². The van der Waals surface area contributed by atoms with E-state index in [9.17, 15) is 4.79 Å². The number of nitrogens with zero attached hydrogens (tertiary/aromatic N) is 1. The number of piperidine rings is 1. The fraction of sp³-hybridized carbons (Fsp3) is 0.458. The topological polar surface area (TPSA) is 83.2 Å². The van der Waals surface area contributed by atoms with Crippen molar-refractivity contribution in [1.82, 2.24) is 4.90 Å². The molecule has 0 saturated carbocycles. The summed E-state index contributed by atoms with van der Waals surface area (Å²) in [5.41, 5.74) is 9.19. The van der Waals surface area contributed by atoms with Crippen LogP contribution in [0.3, 0.4) is 0 Å². The largest absolute Gasteiger partial charge is 0.495 e. The van der Waals surface area contributed by atoms with Crippen molar-refractivity contribution in [2.45, 2.75) is 51.6 Å². The van der Waals surface area contributed by atoms with Crippen molar-refractivity contribution in [2.75, 3.05) is 25.9 Å². The first-order valence-electron chi connectivity index (χ1n) is 10.6. The molecule has 2 aliphatic rings. The van der Waals surface area contributed by atoms with Crippen LogP contribution in [0, 0.1) is 0 Å². The number of methoxy groups -OCH3 is 1. The molecule has 0 aromatic heterocycles. The number of likely N-dealkylation sites (tertiary alicyclic amines) is 1. The molecule has 2 aromatic rings. The first kappa shape index (κ1) is 21.3. The molecule has 2 N–H and O–H groups in total. The third-order valence-corrected chi connectivity index (χ3v) is 5.59. The van der Waals surface area contributed by atoms with Crippen LogP contribution in [0.4, 0.5) is 10.5 Å². The second kappa shape index (κ2) is 7.96. The molecule has 1 saturated heterocycles. The van der Waals surface area contributed by atoms with Crippen molar-refractivity contribution in [2.24, 2.45) is 0 Å². The lowest BCUT2D eigenvalue weighted by atomic mass is 9.99. The SMILES string of the molecule is COc1ccc(-c2ccc3c(c2)COC2(CCN(C(=O)OC(C)(C)C)CC2)O3)cc1N. The van der Waals surface area contributed by atoms with Gasteiger partial charge in [0.25, 0.3) is 0 Å². The van der Waals surface area contributed by atoms with E-state index in [4.69, 9.17) is 24.7 Å². The molecule has 2 aliphatic heterocycles. The van der Waals surface area contributed by atoms with Crippen molar-refractivity contribution in [3.63, 3.8) is 0 Å². The molecule has 2 heterocycles. The van der Waals surface area contributed by atoms with E-state index in [-0.39, 0.29) is 6.09 Å². The summed E-state index contributed by atoms with van der Waals surface area (Å²) in [4.78, 5) is 14.0. The van der Waals surface area contributed by atoms with Gasteiger partial charge in [-0.25, -0.2) is 4.79 Å². The molecule has 4 rings (SSSR count). The Labute approximate surface area is 183 Å². The van der Waals surface area contributed by atoms with Crippen LogP contribution >= 0.6 is 0 Å². The Morgan fingerprint density at radius 1 is 1.10 bits per heavy atom. The Kier molecular flexibility index (Phi) is 5.47. The molecular formula is C24H30N2O5. The third-order valence-electron chi connectivity index (χ3n) is 5.59. The van der Waals surface area contributed by atoms with Gasteiger partial charge < -0.3 is 29.6 Å². The average Bonchev–Trinajstić information content (AvgIpc) is 2.72. The van der Waals surface area contributed by atoms with E-state index in [1.165, 1.54) is 0 Å². The highest BCUT2D eigenvalue weighted by atomic mass is 16.7. The minimum absolute atomic E-state index is 0.290. The molecule has 2 aromatic carbocycles. The van der Waals surface area contributed by atoms with E-state index in [0.717, 1.165) is 22.4 Å². The molecule has 0 bridgehead atoms. The second-order valence-electron chi connectivity index (χ2n) is 9.05. The van der Waals surface area contributed by atoms with Crippen molar-refractivity contribution < 1.29 is 23.7 Å². The van der Waals surface area contributed by atoms with Crippen LogP contribution < -0.4 is 15.2 Å². The summed E-state index contributed by atoms with van der Waals surface area (Å²) < 4.78 is 23.2. The lowest BCUT2D eigenvalue weighted by molar-refractivity contribution is -0.226. The molecule has 0 aliphatic carbocycles. The van der Waals surface area contributed by atoms with E-state index >= 15 is 0 Å². The summed E-state index contributed by atoms with van der Waals surface area (Å²) in [6, 6.07) is 11.8. The highest BCUT2D eigenvalue weighted by Gasteiger charge is 2.42. The number of hydrogen-bond donors (Lipinski definition) is 1. The number of anilines is 1. The predicted molar refractivity (Wildman–Crippen MR) is 118 cm³/mol. The van der Waals surface area contributed by atoms with Gasteiger partial charge >= 0.3 is 6.09 Å². The predicted octanol–water partition coefficient (Wildman–Crippen LogP) is 4.58. The van der Waals surface area contributed by atoms with Gasteiger partial charge in [0, 0.05) is 31.5 Å². The van der Waals surface area contributed by atoms with Gasteiger partial charge in [-0.3, -0.25) is 0 Å². The molecule has 7 nitrogen and oxygen atoms in total. The van der Waals surface area contributed by atoms with E-state index < -0.39 is 11.4 Å². The van der Waals surface area contributed by atoms with Crippen molar-refractivity contribution >= 4 is 11.8 Å². The number of amides is 1. The summed E-state index contributed by atoms with van der Waals surface area (Å²) in [6.45, 7) is 7.14. The number of ether oxygens (including phenoxy) is 4. The molecule has 1 amide bonds. The fourth-order valence-corrected chi connectivity index (χ4v) is 3.93. The van der Waals surface area contributed by atoms with Crippen LogP contribution in [0.25, 0.3) is 11.1 Å². The molecule has 7 heteroatoms. The molecule has 0 radical (unpaired) electrons. The van der Waals surface area contributed by atoms with Gasteiger partial charge in [-0.15, -0.1) is 0 Å². The molecule has 31 heavy (non-hydrogen) atoms. The number of rotatable bonds is 2. The van der Waals surface area contributed by atoms with Crippen LogP contribution in [-0.4, -0.2) is 42.6 Å². The zero-order valence-corrected chi connectivity index (χ0v) is 18.6. The summed E-state index contributed by atoms with van der Waals surface area (Å²) in [6.07, 6.45) is 0.909. The first-order chi connectivity index (χ1) is 14.7. The molecule has 166 valence electrons. The Balaban J connectivity index is 1.44. The van der Waals surface area contributed by atoms with Crippen LogP contribution in [0.1, 0.15) is 39.2 Å². The lowest BCUT2D eigenvalue weighted by Gasteiger charge is -2.44. The highest BCUT2D eigenvalue weighted by Crippen LogP contribution is 2.40. The van der Waals surface area contributed by atoms with Crippen molar-refractivity contribution in [1.29, 1.82) is 0 Å². The van der Waals surface area contributed by atoms with Gasteiger partial charge in [0.15, 0.2) is 0 Å². The lowest BCUT2D eigenvalue weighted by Crippen LogP contribution is -2.53. The number of nitrogens with two attached hydrogens (primary N) is 1. The molecule has 1 fully saturated rings. The maximum atomic E-state index is 12.3. The Morgan fingerprint density at radius 2 is 1.77 bits per heavy atom. The summed E-state index contributed by atoms with van der Waals surface area (Å²) in [5, 5.41) is 0. The number of carbonyl (C=O) groups excluding carboxylic acids is 1. The summed E-state index contributed by atoms with van der Waals surface area (Å²) >= 11 is 0.